The summed E-state index contributed by atoms with van der Waals surface area (Å²) < 4.78 is 0. The second-order valence-electron chi connectivity index (χ2n) is 6.47. The van der Waals surface area contributed by atoms with E-state index in [0.29, 0.717) is 5.41 Å². The SMILES string of the molecule is CC(C)C1(C)CCN(C[C@@H]2CCNC2)CC1. The first-order chi connectivity index (χ1) is 7.60. The van der Waals surface area contributed by atoms with Crippen molar-refractivity contribution in [3.05, 3.63) is 0 Å². The van der Waals surface area contributed by atoms with E-state index in [-0.39, 0.29) is 0 Å². The highest BCUT2D eigenvalue weighted by molar-refractivity contribution is 4.86. The average Bonchev–Trinajstić information content (AvgIpc) is 2.74. The third kappa shape index (κ3) is 2.78. The molecule has 0 amide bonds. The predicted octanol–water partition coefficient (Wildman–Crippen LogP) is 2.35. The van der Waals surface area contributed by atoms with Crippen molar-refractivity contribution in [1.29, 1.82) is 0 Å². The molecule has 2 heterocycles. The molecule has 0 bridgehead atoms. The molecule has 94 valence electrons. The van der Waals surface area contributed by atoms with Crippen molar-refractivity contribution in [2.75, 3.05) is 32.7 Å². The third-order valence-corrected chi connectivity index (χ3v) is 5.07. The summed E-state index contributed by atoms with van der Waals surface area (Å²) in [6, 6.07) is 0. The first-order valence-corrected chi connectivity index (χ1v) is 7.03. The smallest absolute Gasteiger partial charge is 0.00223 e. The second-order valence-corrected chi connectivity index (χ2v) is 6.47. The topological polar surface area (TPSA) is 15.3 Å². The Balaban J connectivity index is 1.76. The Labute approximate surface area is 101 Å². The van der Waals surface area contributed by atoms with Crippen molar-refractivity contribution in [1.82, 2.24) is 10.2 Å². The van der Waals surface area contributed by atoms with Gasteiger partial charge in [0.25, 0.3) is 0 Å². The number of nitrogens with zero attached hydrogens (tertiary/aromatic N) is 1. The Morgan fingerprint density at radius 2 is 2.00 bits per heavy atom. The highest BCUT2D eigenvalue weighted by Gasteiger charge is 2.33. The van der Waals surface area contributed by atoms with Gasteiger partial charge >= 0.3 is 0 Å². The number of hydrogen-bond donors (Lipinski definition) is 1. The molecule has 0 spiro atoms. The van der Waals surface area contributed by atoms with Crippen LogP contribution in [0.15, 0.2) is 0 Å². The summed E-state index contributed by atoms with van der Waals surface area (Å²) in [5.74, 6) is 1.76. The molecule has 2 aliphatic heterocycles. The average molecular weight is 224 g/mol. The van der Waals surface area contributed by atoms with Crippen LogP contribution in [0.3, 0.4) is 0 Å². The maximum absolute atomic E-state index is 3.47. The number of piperidine rings is 1. The maximum atomic E-state index is 3.47. The van der Waals surface area contributed by atoms with Crippen LogP contribution in [0.1, 0.15) is 40.0 Å². The van der Waals surface area contributed by atoms with Gasteiger partial charge in [-0.05, 0) is 62.7 Å². The van der Waals surface area contributed by atoms with E-state index in [4.69, 9.17) is 0 Å². The number of nitrogens with one attached hydrogen (secondary N) is 1. The molecule has 2 aliphatic rings. The molecule has 16 heavy (non-hydrogen) atoms. The first kappa shape index (κ1) is 12.4. The Morgan fingerprint density at radius 3 is 2.50 bits per heavy atom. The van der Waals surface area contributed by atoms with E-state index in [1.165, 1.54) is 52.0 Å². The van der Waals surface area contributed by atoms with Gasteiger partial charge in [-0.1, -0.05) is 20.8 Å². The van der Waals surface area contributed by atoms with Crippen molar-refractivity contribution in [3.63, 3.8) is 0 Å². The van der Waals surface area contributed by atoms with Crippen molar-refractivity contribution in [2.24, 2.45) is 17.3 Å². The van der Waals surface area contributed by atoms with Gasteiger partial charge in [-0.2, -0.15) is 0 Å². The fourth-order valence-corrected chi connectivity index (χ4v) is 3.06. The van der Waals surface area contributed by atoms with E-state index < -0.39 is 0 Å². The molecule has 2 heteroatoms. The van der Waals surface area contributed by atoms with Crippen molar-refractivity contribution >= 4 is 0 Å². The van der Waals surface area contributed by atoms with Crippen LogP contribution in [0.4, 0.5) is 0 Å². The predicted molar refractivity (Wildman–Crippen MR) is 69.6 cm³/mol. The molecule has 0 aromatic heterocycles. The molecule has 0 radical (unpaired) electrons. The molecule has 0 saturated carbocycles. The van der Waals surface area contributed by atoms with Crippen molar-refractivity contribution in [2.45, 2.75) is 40.0 Å². The van der Waals surface area contributed by atoms with Gasteiger partial charge in [-0.25, -0.2) is 0 Å². The fourth-order valence-electron chi connectivity index (χ4n) is 3.06. The van der Waals surface area contributed by atoms with Crippen LogP contribution in [0, 0.1) is 17.3 Å². The highest BCUT2D eigenvalue weighted by Crippen LogP contribution is 2.38. The largest absolute Gasteiger partial charge is 0.316 e. The molecular weight excluding hydrogens is 196 g/mol. The molecule has 0 aromatic rings. The van der Waals surface area contributed by atoms with E-state index in [0.717, 1.165) is 11.8 Å². The normalized spacial score (nSPS) is 31.1. The summed E-state index contributed by atoms with van der Waals surface area (Å²) in [5.41, 5.74) is 0.602. The number of rotatable bonds is 3. The lowest BCUT2D eigenvalue weighted by Gasteiger charge is -2.42. The zero-order valence-corrected chi connectivity index (χ0v) is 11.3. The Hall–Kier alpha value is -0.0800. The van der Waals surface area contributed by atoms with Gasteiger partial charge in [0.05, 0.1) is 0 Å². The Bertz CT molecular complexity index is 211. The molecule has 2 fully saturated rings. The lowest BCUT2D eigenvalue weighted by molar-refractivity contribution is 0.0706. The third-order valence-electron chi connectivity index (χ3n) is 5.07. The lowest BCUT2D eigenvalue weighted by Crippen LogP contribution is -2.43. The van der Waals surface area contributed by atoms with Crippen molar-refractivity contribution in [3.8, 4) is 0 Å². The molecular formula is C14H28N2. The maximum Gasteiger partial charge on any atom is 0.00223 e. The summed E-state index contributed by atoms with van der Waals surface area (Å²) in [4.78, 5) is 2.70. The lowest BCUT2D eigenvalue weighted by atomic mass is 9.72. The van der Waals surface area contributed by atoms with Crippen LogP contribution >= 0.6 is 0 Å². The van der Waals surface area contributed by atoms with Crippen LogP contribution in [-0.4, -0.2) is 37.6 Å². The van der Waals surface area contributed by atoms with Crippen LogP contribution in [0.5, 0.6) is 0 Å². The van der Waals surface area contributed by atoms with Crippen LogP contribution < -0.4 is 5.32 Å². The van der Waals surface area contributed by atoms with Gasteiger partial charge in [-0.3, -0.25) is 0 Å². The first-order valence-electron chi connectivity index (χ1n) is 7.03. The van der Waals surface area contributed by atoms with Crippen LogP contribution in [-0.2, 0) is 0 Å². The zero-order valence-electron chi connectivity index (χ0n) is 11.3. The quantitative estimate of drug-likeness (QED) is 0.791. The monoisotopic (exact) mass is 224 g/mol. The second kappa shape index (κ2) is 5.05. The van der Waals surface area contributed by atoms with Crippen LogP contribution in [0.2, 0.25) is 0 Å². The van der Waals surface area contributed by atoms with Gasteiger partial charge in [0, 0.05) is 6.54 Å². The van der Waals surface area contributed by atoms with Gasteiger partial charge < -0.3 is 10.2 Å². The fraction of sp³-hybridized carbons (Fsp3) is 1.00. The summed E-state index contributed by atoms with van der Waals surface area (Å²) in [6.07, 6.45) is 4.17. The number of hydrogen-bond acceptors (Lipinski definition) is 2. The standard InChI is InChI=1S/C14H28N2/c1-12(2)14(3)5-8-16(9-6-14)11-13-4-7-15-10-13/h12-13,15H,4-11H2,1-3H3/t13-/m1/s1. The minimum atomic E-state index is 0.602. The summed E-state index contributed by atoms with van der Waals surface area (Å²) in [6.45, 7) is 13.7. The highest BCUT2D eigenvalue weighted by atomic mass is 15.1. The van der Waals surface area contributed by atoms with Gasteiger partial charge in [0.15, 0.2) is 0 Å². The minimum Gasteiger partial charge on any atom is -0.316 e. The molecule has 2 rings (SSSR count). The summed E-state index contributed by atoms with van der Waals surface area (Å²) >= 11 is 0. The molecule has 0 aliphatic carbocycles. The Kier molecular flexibility index (Phi) is 3.91. The van der Waals surface area contributed by atoms with E-state index in [1.54, 1.807) is 0 Å². The zero-order chi connectivity index (χ0) is 11.6. The Morgan fingerprint density at radius 1 is 1.31 bits per heavy atom. The van der Waals surface area contributed by atoms with Gasteiger partial charge in [0.2, 0.25) is 0 Å². The van der Waals surface area contributed by atoms with E-state index in [9.17, 15) is 0 Å². The summed E-state index contributed by atoms with van der Waals surface area (Å²) in [5, 5.41) is 3.47. The number of likely N-dealkylation sites (tertiary alicyclic amines) is 1. The van der Waals surface area contributed by atoms with Crippen molar-refractivity contribution < 1.29 is 0 Å². The molecule has 1 atom stereocenters. The minimum absolute atomic E-state index is 0.602. The summed E-state index contributed by atoms with van der Waals surface area (Å²) in [7, 11) is 0. The van der Waals surface area contributed by atoms with E-state index >= 15 is 0 Å². The molecule has 2 saturated heterocycles. The van der Waals surface area contributed by atoms with E-state index in [1.807, 2.05) is 0 Å². The van der Waals surface area contributed by atoms with Gasteiger partial charge in [-0.15, -0.1) is 0 Å². The van der Waals surface area contributed by atoms with Gasteiger partial charge in [0.1, 0.15) is 0 Å². The molecule has 1 N–H and O–H groups in total. The van der Waals surface area contributed by atoms with E-state index in [2.05, 4.69) is 31.0 Å². The molecule has 0 aromatic carbocycles. The molecule has 0 unspecified atom stereocenters. The molecule has 2 nitrogen and oxygen atoms in total. The van der Waals surface area contributed by atoms with Crippen LogP contribution in [0.25, 0.3) is 0 Å².